The quantitative estimate of drug-likeness (QED) is 0.797. The molecule has 2 heterocycles. The summed E-state index contributed by atoms with van der Waals surface area (Å²) in [6.45, 7) is 2.21. The smallest absolute Gasteiger partial charge is 0.181 e. The first-order chi connectivity index (χ1) is 10.3. The van der Waals surface area contributed by atoms with Crippen LogP contribution in [0.25, 0.3) is 10.9 Å². The molecule has 0 bridgehead atoms. The number of piperidine rings is 1. The molecule has 4 rings (SSSR count). The summed E-state index contributed by atoms with van der Waals surface area (Å²) in [5.74, 6) is 0.222. The predicted octanol–water partition coefficient (Wildman–Crippen LogP) is 3.74. The topological polar surface area (TPSA) is 33.2 Å². The van der Waals surface area contributed by atoms with E-state index in [2.05, 4.69) is 22.0 Å². The number of anilines is 1. The van der Waals surface area contributed by atoms with Crippen molar-refractivity contribution >= 4 is 22.4 Å². The predicted molar refractivity (Wildman–Crippen MR) is 85.1 cm³/mol. The normalized spacial score (nSPS) is 18.9. The van der Waals surface area contributed by atoms with Gasteiger partial charge in [0.2, 0.25) is 0 Å². The van der Waals surface area contributed by atoms with Crippen molar-refractivity contribution in [3.05, 3.63) is 35.5 Å². The van der Waals surface area contributed by atoms with Gasteiger partial charge in [-0.15, -0.1) is 0 Å². The Bertz CT molecular complexity index is 702. The lowest BCUT2D eigenvalue weighted by Crippen LogP contribution is -2.31. The van der Waals surface area contributed by atoms with Crippen molar-refractivity contribution in [2.75, 3.05) is 18.0 Å². The number of Topliss-reactive ketones (excluding diaryl/α,β-unsaturated/α-hetero) is 1. The van der Waals surface area contributed by atoms with E-state index in [0.717, 1.165) is 37.1 Å². The maximum atomic E-state index is 12.3. The highest BCUT2D eigenvalue weighted by Crippen LogP contribution is 2.36. The minimum atomic E-state index is 0.222. The number of rotatable bonds is 1. The molecule has 0 radical (unpaired) electrons. The van der Waals surface area contributed by atoms with E-state index in [1.165, 1.54) is 35.9 Å². The van der Waals surface area contributed by atoms with E-state index in [-0.39, 0.29) is 5.78 Å². The molecule has 1 aliphatic heterocycles. The van der Waals surface area contributed by atoms with Gasteiger partial charge in [0.25, 0.3) is 0 Å². The highest BCUT2D eigenvalue weighted by Gasteiger charge is 2.26. The first-order valence-corrected chi connectivity index (χ1v) is 8.04. The van der Waals surface area contributed by atoms with E-state index >= 15 is 0 Å². The number of benzene rings is 1. The monoisotopic (exact) mass is 280 g/mol. The Balaban J connectivity index is 1.98. The van der Waals surface area contributed by atoms with E-state index in [9.17, 15) is 4.79 Å². The summed E-state index contributed by atoms with van der Waals surface area (Å²) < 4.78 is 0. The van der Waals surface area contributed by atoms with E-state index < -0.39 is 0 Å². The second-order valence-electron chi connectivity index (χ2n) is 6.13. The first kappa shape index (κ1) is 12.8. The van der Waals surface area contributed by atoms with Gasteiger partial charge in [0.1, 0.15) is 5.69 Å². The fraction of sp³-hybridized carbons (Fsp3) is 0.444. The zero-order valence-electron chi connectivity index (χ0n) is 12.3. The van der Waals surface area contributed by atoms with Crippen molar-refractivity contribution in [1.82, 2.24) is 4.98 Å². The van der Waals surface area contributed by atoms with Gasteiger partial charge < -0.3 is 4.90 Å². The van der Waals surface area contributed by atoms with Crippen molar-refractivity contribution in [2.24, 2.45) is 0 Å². The Morgan fingerprint density at radius 3 is 2.62 bits per heavy atom. The summed E-state index contributed by atoms with van der Waals surface area (Å²) in [5.41, 5.74) is 4.20. The highest BCUT2D eigenvalue weighted by atomic mass is 16.1. The second-order valence-corrected chi connectivity index (χ2v) is 6.13. The number of nitrogens with zero attached hydrogens (tertiary/aromatic N) is 2. The summed E-state index contributed by atoms with van der Waals surface area (Å²) in [6, 6.07) is 8.28. The van der Waals surface area contributed by atoms with Crippen LogP contribution >= 0.6 is 0 Å². The molecule has 3 heteroatoms. The molecule has 3 nitrogen and oxygen atoms in total. The maximum absolute atomic E-state index is 12.3. The minimum Gasteiger partial charge on any atom is -0.371 e. The molecule has 0 N–H and O–H groups in total. The van der Waals surface area contributed by atoms with E-state index in [0.29, 0.717) is 6.42 Å². The van der Waals surface area contributed by atoms with Gasteiger partial charge in [-0.3, -0.25) is 4.79 Å². The number of hydrogen-bond acceptors (Lipinski definition) is 3. The number of pyridine rings is 1. The lowest BCUT2D eigenvalue weighted by Gasteiger charge is -2.33. The molecule has 0 saturated carbocycles. The fourth-order valence-electron chi connectivity index (χ4n) is 3.72. The van der Waals surface area contributed by atoms with Crippen LogP contribution in [0.5, 0.6) is 0 Å². The van der Waals surface area contributed by atoms with Crippen molar-refractivity contribution in [1.29, 1.82) is 0 Å². The van der Waals surface area contributed by atoms with Crippen molar-refractivity contribution in [3.63, 3.8) is 0 Å². The second kappa shape index (κ2) is 5.14. The molecule has 1 aromatic carbocycles. The number of carbonyl (C=O) groups excluding carboxylic acids is 1. The van der Waals surface area contributed by atoms with Crippen LogP contribution in [0.1, 0.15) is 48.2 Å². The average molecular weight is 280 g/mol. The van der Waals surface area contributed by atoms with Crippen LogP contribution in [0.4, 0.5) is 5.69 Å². The number of fused-ring (bicyclic) bond motifs is 2. The van der Waals surface area contributed by atoms with Gasteiger partial charge in [-0.05, 0) is 38.2 Å². The summed E-state index contributed by atoms with van der Waals surface area (Å²) in [4.78, 5) is 19.5. The summed E-state index contributed by atoms with van der Waals surface area (Å²) in [7, 11) is 0. The van der Waals surface area contributed by atoms with Gasteiger partial charge in [0.05, 0.1) is 11.2 Å². The van der Waals surface area contributed by atoms with Crippen molar-refractivity contribution < 1.29 is 4.79 Å². The zero-order valence-corrected chi connectivity index (χ0v) is 12.3. The van der Waals surface area contributed by atoms with Gasteiger partial charge in [-0.1, -0.05) is 18.2 Å². The Morgan fingerprint density at radius 2 is 1.76 bits per heavy atom. The molecule has 1 aromatic heterocycles. The third kappa shape index (κ3) is 2.11. The Labute approximate surface area is 125 Å². The number of aromatic nitrogens is 1. The zero-order chi connectivity index (χ0) is 14.2. The number of carbonyl (C=O) groups is 1. The van der Waals surface area contributed by atoms with Crippen LogP contribution < -0.4 is 4.90 Å². The number of hydrogen-bond donors (Lipinski definition) is 0. The van der Waals surface area contributed by atoms with Gasteiger partial charge in [-0.2, -0.15) is 0 Å². The minimum absolute atomic E-state index is 0.222. The lowest BCUT2D eigenvalue weighted by atomic mass is 9.90. The van der Waals surface area contributed by atoms with Crippen molar-refractivity contribution in [3.8, 4) is 0 Å². The molecule has 0 spiro atoms. The largest absolute Gasteiger partial charge is 0.371 e. The number of para-hydroxylation sites is 1. The van der Waals surface area contributed by atoms with Gasteiger partial charge >= 0.3 is 0 Å². The molecule has 1 fully saturated rings. The molecule has 0 amide bonds. The summed E-state index contributed by atoms with van der Waals surface area (Å²) >= 11 is 0. The molecule has 0 atom stereocenters. The lowest BCUT2D eigenvalue weighted by molar-refractivity contribution is 0.0967. The molecule has 2 aliphatic rings. The standard InChI is InChI=1S/C18H20N2O/c21-16-10-6-8-14-17(16)19-15-9-3-2-7-13(15)18(14)20-11-4-1-5-12-20/h2-3,7,9H,1,4-6,8,10-12H2. The van der Waals surface area contributed by atoms with E-state index in [4.69, 9.17) is 0 Å². The fourth-order valence-corrected chi connectivity index (χ4v) is 3.72. The van der Waals surface area contributed by atoms with Crippen molar-refractivity contribution in [2.45, 2.75) is 38.5 Å². The van der Waals surface area contributed by atoms with Crippen LogP contribution in [-0.2, 0) is 6.42 Å². The molecule has 1 saturated heterocycles. The van der Waals surface area contributed by atoms with Crippen LogP contribution in [0.3, 0.4) is 0 Å². The third-order valence-electron chi connectivity index (χ3n) is 4.73. The Kier molecular flexibility index (Phi) is 3.13. The Morgan fingerprint density at radius 1 is 0.952 bits per heavy atom. The van der Waals surface area contributed by atoms with Gasteiger partial charge in [0.15, 0.2) is 5.78 Å². The summed E-state index contributed by atoms with van der Waals surface area (Å²) in [6.07, 6.45) is 6.43. The maximum Gasteiger partial charge on any atom is 0.181 e. The Hall–Kier alpha value is -1.90. The van der Waals surface area contributed by atoms with Gasteiger partial charge in [-0.25, -0.2) is 4.98 Å². The molecule has 2 aromatic rings. The van der Waals surface area contributed by atoms with Crippen LogP contribution in [0.15, 0.2) is 24.3 Å². The molecular weight excluding hydrogens is 260 g/mol. The van der Waals surface area contributed by atoms with E-state index in [1.54, 1.807) is 0 Å². The van der Waals surface area contributed by atoms with Gasteiger partial charge in [0, 0.05) is 30.5 Å². The van der Waals surface area contributed by atoms with Crippen LogP contribution in [-0.4, -0.2) is 23.9 Å². The third-order valence-corrected chi connectivity index (χ3v) is 4.73. The first-order valence-electron chi connectivity index (χ1n) is 8.04. The number of ketones is 1. The summed E-state index contributed by atoms with van der Waals surface area (Å²) in [5, 5.41) is 1.22. The molecule has 0 unspecified atom stereocenters. The molecule has 21 heavy (non-hydrogen) atoms. The SMILES string of the molecule is O=C1CCCc2c1nc1ccccc1c2N1CCCCC1. The molecular formula is C18H20N2O. The van der Waals surface area contributed by atoms with Crippen LogP contribution in [0, 0.1) is 0 Å². The molecule has 1 aliphatic carbocycles. The highest BCUT2D eigenvalue weighted by molar-refractivity contribution is 6.04. The van der Waals surface area contributed by atoms with E-state index in [1.807, 2.05) is 12.1 Å². The average Bonchev–Trinajstić information content (AvgIpc) is 2.54. The molecule has 108 valence electrons. The van der Waals surface area contributed by atoms with Crippen LogP contribution in [0.2, 0.25) is 0 Å².